The number of carbonyl (C=O) groups is 1. The number of rotatable bonds is 7. The van der Waals surface area contributed by atoms with Crippen molar-refractivity contribution in [1.29, 1.82) is 0 Å². The molecule has 0 radical (unpaired) electrons. The average molecular weight is 257 g/mol. The monoisotopic (exact) mass is 257 g/mol. The van der Waals surface area contributed by atoms with Crippen LogP contribution < -0.4 is 0 Å². The molecule has 0 saturated heterocycles. The Bertz CT molecular complexity index is 485. The highest BCUT2D eigenvalue weighted by atomic mass is 16.1. The van der Waals surface area contributed by atoms with Gasteiger partial charge in [-0.05, 0) is 18.4 Å². The summed E-state index contributed by atoms with van der Waals surface area (Å²) in [6, 6.07) is 9.36. The minimum Gasteiger partial charge on any atom is -0.294 e. The summed E-state index contributed by atoms with van der Waals surface area (Å²) in [5, 5.41) is 3.42. The molecule has 0 aliphatic heterocycles. The molecule has 0 aromatic heterocycles. The number of benzene rings is 1. The largest absolute Gasteiger partial charge is 0.294 e. The van der Waals surface area contributed by atoms with Crippen molar-refractivity contribution < 1.29 is 4.79 Å². The molecule has 0 unspecified atom stereocenters. The van der Waals surface area contributed by atoms with Crippen molar-refractivity contribution >= 4 is 5.78 Å². The maximum atomic E-state index is 12.3. The van der Waals surface area contributed by atoms with Crippen molar-refractivity contribution in [2.45, 2.75) is 26.7 Å². The van der Waals surface area contributed by atoms with Crippen LogP contribution in [0.5, 0.6) is 0 Å². The number of nitrogens with zero attached hydrogens (tertiary/aromatic N) is 3. The highest BCUT2D eigenvalue weighted by molar-refractivity contribution is 5.99. The lowest BCUT2D eigenvalue weighted by atomic mass is 9.80. The SMILES string of the molecule is CC(C)(CC/C=C\CN=[N+]=[N-])C(=O)c1ccccc1. The van der Waals surface area contributed by atoms with Crippen LogP contribution in [0.4, 0.5) is 0 Å². The van der Waals surface area contributed by atoms with Crippen molar-refractivity contribution in [3.8, 4) is 0 Å². The zero-order chi connectivity index (χ0) is 14.1. The van der Waals surface area contributed by atoms with E-state index < -0.39 is 0 Å². The molecule has 19 heavy (non-hydrogen) atoms. The number of carbonyl (C=O) groups excluding carboxylic acids is 1. The molecular weight excluding hydrogens is 238 g/mol. The van der Waals surface area contributed by atoms with E-state index >= 15 is 0 Å². The van der Waals surface area contributed by atoms with E-state index in [-0.39, 0.29) is 11.2 Å². The van der Waals surface area contributed by atoms with Crippen LogP contribution in [-0.4, -0.2) is 12.3 Å². The summed E-state index contributed by atoms with van der Waals surface area (Å²) < 4.78 is 0. The Morgan fingerprint density at radius 1 is 1.32 bits per heavy atom. The zero-order valence-corrected chi connectivity index (χ0v) is 11.4. The lowest BCUT2D eigenvalue weighted by Gasteiger charge is -2.22. The molecule has 100 valence electrons. The highest BCUT2D eigenvalue weighted by Gasteiger charge is 2.27. The maximum absolute atomic E-state index is 12.3. The molecule has 4 nitrogen and oxygen atoms in total. The second-order valence-electron chi connectivity index (χ2n) is 5.00. The van der Waals surface area contributed by atoms with Crippen LogP contribution in [0, 0.1) is 5.41 Å². The molecule has 0 bridgehead atoms. The summed E-state index contributed by atoms with van der Waals surface area (Å²) in [6.45, 7) is 4.29. The molecule has 0 aliphatic carbocycles. The molecule has 0 spiro atoms. The van der Waals surface area contributed by atoms with E-state index in [9.17, 15) is 4.79 Å². The number of Topliss-reactive ketones (excluding diaryl/α,β-unsaturated/α-hetero) is 1. The summed E-state index contributed by atoms with van der Waals surface area (Å²) in [5.41, 5.74) is 8.50. The molecule has 0 amide bonds. The second kappa shape index (κ2) is 7.39. The average Bonchev–Trinajstić information content (AvgIpc) is 2.43. The van der Waals surface area contributed by atoms with Crippen LogP contribution in [0.15, 0.2) is 47.6 Å². The normalized spacial score (nSPS) is 11.3. The van der Waals surface area contributed by atoms with E-state index in [0.717, 1.165) is 18.4 Å². The van der Waals surface area contributed by atoms with E-state index in [1.165, 1.54) is 0 Å². The van der Waals surface area contributed by atoms with Gasteiger partial charge in [-0.15, -0.1) is 0 Å². The van der Waals surface area contributed by atoms with Crippen molar-refractivity contribution in [2.24, 2.45) is 10.5 Å². The van der Waals surface area contributed by atoms with Crippen LogP contribution in [-0.2, 0) is 0 Å². The van der Waals surface area contributed by atoms with Gasteiger partial charge in [-0.25, -0.2) is 0 Å². The molecule has 0 fully saturated rings. The first-order valence-corrected chi connectivity index (χ1v) is 6.33. The standard InChI is InChI=1S/C15H19N3O/c1-15(2,11-7-4-8-12-17-18-16)14(19)13-9-5-3-6-10-13/h3-6,8-10H,7,11-12H2,1-2H3/b8-4-. The summed E-state index contributed by atoms with van der Waals surface area (Å²) in [7, 11) is 0. The quantitative estimate of drug-likeness (QED) is 0.232. The number of azide groups is 1. The Kier molecular flexibility index (Phi) is 5.83. The Morgan fingerprint density at radius 3 is 2.63 bits per heavy atom. The van der Waals surface area contributed by atoms with Crippen molar-refractivity contribution in [3.05, 3.63) is 58.5 Å². The van der Waals surface area contributed by atoms with Gasteiger partial charge in [-0.1, -0.05) is 61.4 Å². The Balaban J connectivity index is 2.54. The summed E-state index contributed by atoms with van der Waals surface area (Å²) in [4.78, 5) is 15.0. The number of ketones is 1. The predicted molar refractivity (Wildman–Crippen MR) is 76.9 cm³/mol. The number of allylic oxidation sites excluding steroid dienone is 1. The fourth-order valence-corrected chi connectivity index (χ4v) is 1.81. The third kappa shape index (κ3) is 4.98. The molecule has 1 aromatic rings. The second-order valence-corrected chi connectivity index (χ2v) is 5.00. The summed E-state index contributed by atoms with van der Waals surface area (Å²) in [5.74, 6) is 0.163. The third-order valence-electron chi connectivity index (χ3n) is 3.00. The lowest BCUT2D eigenvalue weighted by molar-refractivity contribution is 0.0828. The van der Waals surface area contributed by atoms with Crippen LogP contribution in [0.2, 0.25) is 0 Å². The van der Waals surface area contributed by atoms with E-state index in [1.54, 1.807) is 0 Å². The predicted octanol–water partition coefficient (Wildman–Crippen LogP) is 4.54. The lowest BCUT2D eigenvalue weighted by Crippen LogP contribution is -2.24. The van der Waals surface area contributed by atoms with Crippen molar-refractivity contribution in [1.82, 2.24) is 0 Å². The van der Waals surface area contributed by atoms with Gasteiger partial charge in [0.15, 0.2) is 5.78 Å². The van der Waals surface area contributed by atoms with Gasteiger partial charge < -0.3 is 0 Å². The zero-order valence-electron chi connectivity index (χ0n) is 11.4. The first kappa shape index (κ1) is 15.0. The molecule has 1 aromatic carbocycles. The van der Waals surface area contributed by atoms with Gasteiger partial charge in [0.2, 0.25) is 0 Å². The van der Waals surface area contributed by atoms with E-state index in [1.807, 2.05) is 56.3 Å². The van der Waals surface area contributed by atoms with Gasteiger partial charge >= 0.3 is 0 Å². The van der Waals surface area contributed by atoms with E-state index in [2.05, 4.69) is 10.0 Å². The Morgan fingerprint density at radius 2 is 2.00 bits per heavy atom. The minimum atomic E-state index is -0.385. The molecule has 0 atom stereocenters. The van der Waals surface area contributed by atoms with Gasteiger partial charge in [0.05, 0.1) is 0 Å². The van der Waals surface area contributed by atoms with Gasteiger partial charge in [0, 0.05) is 22.4 Å². The Labute approximate surface area is 113 Å². The Hall–Kier alpha value is -2.06. The topological polar surface area (TPSA) is 65.8 Å². The first-order valence-electron chi connectivity index (χ1n) is 6.33. The van der Waals surface area contributed by atoms with Crippen LogP contribution in [0.3, 0.4) is 0 Å². The van der Waals surface area contributed by atoms with Crippen molar-refractivity contribution in [2.75, 3.05) is 6.54 Å². The summed E-state index contributed by atoms with van der Waals surface area (Å²) >= 11 is 0. The van der Waals surface area contributed by atoms with Gasteiger partial charge in [-0.2, -0.15) is 0 Å². The summed E-state index contributed by atoms with van der Waals surface area (Å²) in [6.07, 6.45) is 5.34. The van der Waals surface area contributed by atoms with Crippen LogP contribution in [0.1, 0.15) is 37.0 Å². The molecule has 0 saturated carbocycles. The molecule has 1 rings (SSSR count). The highest BCUT2D eigenvalue weighted by Crippen LogP contribution is 2.27. The smallest absolute Gasteiger partial charge is 0.168 e. The van der Waals surface area contributed by atoms with Gasteiger partial charge in [-0.3, -0.25) is 4.79 Å². The van der Waals surface area contributed by atoms with Gasteiger partial charge in [0.25, 0.3) is 0 Å². The maximum Gasteiger partial charge on any atom is 0.168 e. The first-order chi connectivity index (χ1) is 9.08. The fraction of sp³-hybridized carbons (Fsp3) is 0.400. The molecule has 0 heterocycles. The molecule has 4 heteroatoms. The van der Waals surface area contributed by atoms with Crippen LogP contribution in [0.25, 0.3) is 10.4 Å². The third-order valence-corrected chi connectivity index (χ3v) is 3.00. The minimum absolute atomic E-state index is 0.163. The molecule has 0 aliphatic rings. The fourth-order valence-electron chi connectivity index (χ4n) is 1.81. The van der Waals surface area contributed by atoms with Crippen LogP contribution >= 0.6 is 0 Å². The van der Waals surface area contributed by atoms with Crippen molar-refractivity contribution in [3.63, 3.8) is 0 Å². The van der Waals surface area contributed by atoms with E-state index in [0.29, 0.717) is 6.54 Å². The van der Waals surface area contributed by atoms with Gasteiger partial charge in [0.1, 0.15) is 0 Å². The molecule has 0 N–H and O–H groups in total. The number of hydrogen-bond acceptors (Lipinski definition) is 2. The van der Waals surface area contributed by atoms with E-state index in [4.69, 9.17) is 5.53 Å². The molecular formula is C15H19N3O. The number of hydrogen-bond donors (Lipinski definition) is 0.